The van der Waals surface area contributed by atoms with Gasteiger partial charge in [-0.3, -0.25) is 4.79 Å². The van der Waals surface area contributed by atoms with Gasteiger partial charge in [0.2, 0.25) is 0 Å². The smallest absolute Gasteiger partial charge is 0.332 e. The first kappa shape index (κ1) is 27.4. The SMILES string of the molecule is CCC1(OC(=O)COC23CC4CC(C2)CC(C(=O)OCCOC(C)Oc2ccc(C)cc2)(C4)C3)CCCC1. The van der Waals surface area contributed by atoms with Crippen LogP contribution in [-0.2, 0) is 28.5 Å². The van der Waals surface area contributed by atoms with Gasteiger partial charge in [0.1, 0.15) is 24.6 Å². The molecular formula is C31H44O7. The Morgan fingerprint density at radius 2 is 1.68 bits per heavy atom. The highest BCUT2D eigenvalue weighted by Gasteiger charge is 2.62. The van der Waals surface area contributed by atoms with Crippen LogP contribution in [0.25, 0.3) is 0 Å². The molecule has 5 fully saturated rings. The third-order valence-corrected chi connectivity index (χ3v) is 9.42. The summed E-state index contributed by atoms with van der Waals surface area (Å²) in [4.78, 5) is 26.2. The molecule has 5 aliphatic carbocycles. The van der Waals surface area contributed by atoms with Gasteiger partial charge >= 0.3 is 11.9 Å². The van der Waals surface area contributed by atoms with E-state index in [-0.39, 0.29) is 37.4 Å². The Kier molecular flexibility index (Phi) is 8.07. The fourth-order valence-corrected chi connectivity index (χ4v) is 7.96. The van der Waals surface area contributed by atoms with E-state index in [1.165, 1.54) is 5.56 Å². The molecule has 38 heavy (non-hydrogen) atoms. The molecule has 0 saturated heterocycles. The predicted molar refractivity (Wildman–Crippen MR) is 142 cm³/mol. The summed E-state index contributed by atoms with van der Waals surface area (Å²) in [6.07, 6.45) is 9.84. The monoisotopic (exact) mass is 528 g/mol. The molecule has 1 aromatic rings. The van der Waals surface area contributed by atoms with Crippen LogP contribution < -0.4 is 4.74 Å². The molecule has 7 heteroatoms. The van der Waals surface area contributed by atoms with Gasteiger partial charge in [-0.05, 0) is 108 Å². The highest BCUT2D eigenvalue weighted by molar-refractivity contribution is 5.78. The Balaban J connectivity index is 1.11. The number of ether oxygens (including phenoxy) is 5. The molecule has 1 aromatic carbocycles. The van der Waals surface area contributed by atoms with E-state index in [1.54, 1.807) is 0 Å². The third-order valence-electron chi connectivity index (χ3n) is 9.42. The Morgan fingerprint density at radius 1 is 1.00 bits per heavy atom. The van der Waals surface area contributed by atoms with E-state index >= 15 is 0 Å². The van der Waals surface area contributed by atoms with Crippen molar-refractivity contribution in [3.8, 4) is 5.75 Å². The first-order valence-electron chi connectivity index (χ1n) is 14.6. The van der Waals surface area contributed by atoms with E-state index in [0.29, 0.717) is 18.3 Å². The topological polar surface area (TPSA) is 80.3 Å². The van der Waals surface area contributed by atoms with E-state index in [9.17, 15) is 9.59 Å². The molecule has 6 rings (SSSR count). The molecule has 3 atom stereocenters. The molecule has 0 heterocycles. The summed E-state index contributed by atoms with van der Waals surface area (Å²) >= 11 is 0. The highest BCUT2D eigenvalue weighted by atomic mass is 16.7. The number of rotatable bonds is 12. The summed E-state index contributed by atoms with van der Waals surface area (Å²) in [5, 5.41) is 0. The fourth-order valence-electron chi connectivity index (χ4n) is 7.96. The Morgan fingerprint density at radius 3 is 2.34 bits per heavy atom. The van der Waals surface area contributed by atoms with Crippen molar-refractivity contribution in [2.24, 2.45) is 17.3 Å². The zero-order valence-electron chi connectivity index (χ0n) is 23.3. The van der Waals surface area contributed by atoms with Crippen molar-refractivity contribution in [2.75, 3.05) is 19.8 Å². The molecule has 5 aliphatic rings. The number of hydrogen-bond acceptors (Lipinski definition) is 7. The molecule has 0 radical (unpaired) electrons. The summed E-state index contributed by atoms with van der Waals surface area (Å²) in [6.45, 7) is 6.39. The van der Waals surface area contributed by atoms with E-state index in [1.807, 2.05) is 38.1 Å². The molecule has 0 spiro atoms. The summed E-state index contributed by atoms with van der Waals surface area (Å²) in [6, 6.07) is 7.81. The highest BCUT2D eigenvalue weighted by Crippen LogP contribution is 2.63. The predicted octanol–water partition coefficient (Wildman–Crippen LogP) is 5.90. The number of hydrogen-bond donors (Lipinski definition) is 0. The van der Waals surface area contributed by atoms with Crippen molar-refractivity contribution in [1.29, 1.82) is 0 Å². The zero-order valence-corrected chi connectivity index (χ0v) is 23.3. The van der Waals surface area contributed by atoms with Crippen LogP contribution in [0, 0.1) is 24.2 Å². The van der Waals surface area contributed by atoms with Gasteiger partial charge < -0.3 is 23.7 Å². The number of carbonyl (C=O) groups is 2. The lowest BCUT2D eigenvalue weighted by molar-refractivity contribution is -0.217. The lowest BCUT2D eigenvalue weighted by atomic mass is 9.48. The van der Waals surface area contributed by atoms with Gasteiger partial charge in [0.05, 0.1) is 17.6 Å². The summed E-state index contributed by atoms with van der Waals surface area (Å²) < 4.78 is 29.6. The van der Waals surface area contributed by atoms with Gasteiger partial charge in [-0.2, -0.15) is 0 Å². The summed E-state index contributed by atoms with van der Waals surface area (Å²) in [7, 11) is 0. The quantitative estimate of drug-likeness (QED) is 0.190. The van der Waals surface area contributed by atoms with Crippen molar-refractivity contribution in [3.63, 3.8) is 0 Å². The van der Waals surface area contributed by atoms with Gasteiger partial charge in [0.15, 0.2) is 6.29 Å². The zero-order chi connectivity index (χ0) is 26.8. The van der Waals surface area contributed by atoms with Crippen molar-refractivity contribution >= 4 is 11.9 Å². The van der Waals surface area contributed by atoms with E-state index in [4.69, 9.17) is 23.7 Å². The van der Waals surface area contributed by atoms with Gasteiger partial charge in [0.25, 0.3) is 0 Å². The van der Waals surface area contributed by atoms with Crippen LogP contribution in [0.4, 0.5) is 0 Å². The van der Waals surface area contributed by atoms with Gasteiger partial charge in [-0.1, -0.05) is 24.6 Å². The first-order chi connectivity index (χ1) is 18.2. The van der Waals surface area contributed by atoms with Crippen LogP contribution in [0.3, 0.4) is 0 Å². The first-order valence-corrected chi connectivity index (χ1v) is 14.6. The molecule has 210 valence electrons. The van der Waals surface area contributed by atoms with Crippen LogP contribution in [-0.4, -0.2) is 49.3 Å². The maximum Gasteiger partial charge on any atom is 0.332 e. The minimum atomic E-state index is -0.520. The number of benzene rings is 1. The van der Waals surface area contributed by atoms with Gasteiger partial charge in [-0.25, -0.2) is 4.79 Å². The molecule has 7 nitrogen and oxygen atoms in total. The average molecular weight is 529 g/mol. The second-order valence-corrected chi connectivity index (χ2v) is 12.4. The van der Waals surface area contributed by atoms with Crippen LogP contribution in [0.15, 0.2) is 24.3 Å². The second kappa shape index (κ2) is 11.2. The van der Waals surface area contributed by atoms with Crippen LogP contribution in [0.1, 0.15) is 90.0 Å². The van der Waals surface area contributed by atoms with Crippen molar-refractivity contribution in [1.82, 2.24) is 0 Å². The van der Waals surface area contributed by atoms with Crippen molar-refractivity contribution < 1.29 is 33.3 Å². The third kappa shape index (κ3) is 6.04. The van der Waals surface area contributed by atoms with E-state index in [0.717, 1.165) is 70.0 Å². The molecule has 0 N–H and O–H groups in total. The average Bonchev–Trinajstić information content (AvgIpc) is 3.35. The Bertz CT molecular complexity index is 966. The molecule has 3 unspecified atom stereocenters. The lowest BCUT2D eigenvalue weighted by Gasteiger charge is -2.60. The van der Waals surface area contributed by atoms with Crippen LogP contribution >= 0.6 is 0 Å². The van der Waals surface area contributed by atoms with E-state index in [2.05, 4.69) is 6.92 Å². The Hall–Kier alpha value is -2.12. The minimum Gasteiger partial charge on any atom is -0.465 e. The van der Waals surface area contributed by atoms with Crippen molar-refractivity contribution in [2.45, 2.75) is 109 Å². The van der Waals surface area contributed by atoms with E-state index < -0.39 is 17.3 Å². The summed E-state index contributed by atoms with van der Waals surface area (Å²) in [5.74, 6) is 1.22. The molecular weight excluding hydrogens is 484 g/mol. The largest absolute Gasteiger partial charge is 0.465 e. The summed E-state index contributed by atoms with van der Waals surface area (Å²) in [5.41, 5.74) is -0.0841. The van der Waals surface area contributed by atoms with Gasteiger partial charge in [-0.15, -0.1) is 0 Å². The number of carbonyl (C=O) groups excluding carboxylic acids is 2. The lowest BCUT2D eigenvalue weighted by Crippen LogP contribution is -2.60. The normalized spacial score (nSPS) is 31.7. The molecule has 0 aliphatic heterocycles. The number of aryl methyl sites for hydroxylation is 1. The second-order valence-electron chi connectivity index (χ2n) is 12.4. The molecule has 0 aromatic heterocycles. The molecule has 5 saturated carbocycles. The maximum absolute atomic E-state index is 13.4. The minimum absolute atomic E-state index is 0.0287. The fraction of sp³-hybridized carbons (Fsp3) is 0.742. The van der Waals surface area contributed by atoms with Crippen LogP contribution in [0.2, 0.25) is 0 Å². The maximum atomic E-state index is 13.4. The molecule has 4 bridgehead atoms. The van der Waals surface area contributed by atoms with Gasteiger partial charge in [0, 0.05) is 0 Å². The molecule has 0 amide bonds. The number of esters is 2. The van der Waals surface area contributed by atoms with Crippen LogP contribution in [0.5, 0.6) is 5.75 Å². The van der Waals surface area contributed by atoms with Crippen molar-refractivity contribution in [3.05, 3.63) is 29.8 Å². The Labute approximate surface area is 226 Å². The standard InChI is InChI=1S/C31H44O7/c1-4-30(11-5-6-12-30)38-27(32)20-36-31-18-24-15-25(19-31)17-29(16-24,21-31)28(33)35-14-13-34-23(3)37-26-9-7-22(2)8-10-26/h7-10,23-25H,4-6,11-21H2,1-3H3.